The first-order chi connectivity index (χ1) is 13.6. The van der Waals surface area contributed by atoms with Gasteiger partial charge < -0.3 is 9.36 Å². The normalized spacial score (nSPS) is 11.2. The fourth-order valence-electron chi connectivity index (χ4n) is 3.96. The molecular weight excluding hydrogens is 346 g/mol. The Balaban J connectivity index is 1.93. The molecule has 0 bridgehead atoms. The van der Waals surface area contributed by atoms with Crippen LogP contribution in [0, 0.1) is 6.92 Å². The summed E-state index contributed by atoms with van der Waals surface area (Å²) in [6.45, 7) is 5.04. The van der Waals surface area contributed by atoms with Crippen molar-refractivity contribution in [1.82, 2.24) is 4.57 Å². The van der Waals surface area contributed by atoms with Gasteiger partial charge in [-0.25, -0.2) is 0 Å². The topological polar surface area (TPSA) is 39.1 Å². The second-order valence-corrected chi connectivity index (χ2v) is 7.25. The van der Waals surface area contributed by atoms with Crippen LogP contribution >= 0.6 is 0 Å². The molecule has 0 N–H and O–H groups in total. The summed E-state index contributed by atoms with van der Waals surface area (Å²) >= 11 is 0. The summed E-state index contributed by atoms with van der Waals surface area (Å²) in [4.78, 5) is 24.1. The molecule has 140 valence electrons. The summed E-state index contributed by atoms with van der Waals surface area (Å²) < 4.78 is 2.30. The lowest BCUT2D eigenvalue weighted by Crippen LogP contribution is -2.03. The summed E-state index contributed by atoms with van der Waals surface area (Å²) in [5, 5.41) is 2.16. The smallest absolute Gasteiger partial charge is 0.193 e. The highest BCUT2D eigenvalue weighted by Crippen LogP contribution is 2.31. The largest absolute Gasteiger partial charge is 0.340 e. The van der Waals surface area contributed by atoms with E-state index in [1.807, 2.05) is 49.4 Å². The Morgan fingerprint density at radius 3 is 2.39 bits per heavy atom. The fraction of sp³-hybridized carbons (Fsp3) is 0.200. The number of aldehydes is 1. The molecule has 0 fully saturated rings. The number of carbonyl (C=O) groups is 2. The van der Waals surface area contributed by atoms with E-state index in [1.165, 1.54) is 0 Å². The van der Waals surface area contributed by atoms with Gasteiger partial charge >= 0.3 is 0 Å². The van der Waals surface area contributed by atoms with E-state index in [1.54, 1.807) is 0 Å². The predicted octanol–water partition coefficient (Wildman–Crippen LogP) is 5.49. The lowest BCUT2D eigenvalue weighted by molar-refractivity contribution is -0.107. The van der Waals surface area contributed by atoms with E-state index in [0.717, 1.165) is 57.7 Å². The Kier molecular flexibility index (Phi) is 4.82. The van der Waals surface area contributed by atoms with Crippen LogP contribution in [0.15, 0.2) is 60.7 Å². The van der Waals surface area contributed by atoms with Crippen LogP contribution in [0.2, 0.25) is 0 Å². The third-order valence-corrected chi connectivity index (χ3v) is 5.35. The van der Waals surface area contributed by atoms with Crippen molar-refractivity contribution in [2.45, 2.75) is 33.2 Å². The molecule has 0 saturated heterocycles. The van der Waals surface area contributed by atoms with Crippen molar-refractivity contribution in [2.24, 2.45) is 0 Å². The lowest BCUT2D eigenvalue weighted by atomic mass is 9.97. The Hall–Kier alpha value is -3.20. The van der Waals surface area contributed by atoms with Crippen molar-refractivity contribution >= 4 is 33.9 Å². The third kappa shape index (κ3) is 3.03. The minimum atomic E-state index is 0.0421. The zero-order valence-corrected chi connectivity index (χ0v) is 16.2. The van der Waals surface area contributed by atoms with Gasteiger partial charge in [-0.05, 0) is 54.8 Å². The first-order valence-corrected chi connectivity index (χ1v) is 9.73. The van der Waals surface area contributed by atoms with Crippen molar-refractivity contribution in [3.05, 3.63) is 82.9 Å². The van der Waals surface area contributed by atoms with E-state index in [0.29, 0.717) is 12.0 Å². The van der Waals surface area contributed by atoms with Gasteiger partial charge in [0.15, 0.2) is 5.78 Å². The monoisotopic (exact) mass is 369 g/mol. The maximum absolute atomic E-state index is 13.1. The average molecular weight is 369 g/mol. The van der Waals surface area contributed by atoms with Crippen LogP contribution < -0.4 is 0 Å². The number of aromatic nitrogens is 1. The molecule has 0 amide bonds. The Morgan fingerprint density at radius 2 is 1.68 bits per heavy atom. The number of rotatable bonds is 6. The van der Waals surface area contributed by atoms with Gasteiger partial charge in [0, 0.05) is 45.9 Å². The van der Waals surface area contributed by atoms with Crippen molar-refractivity contribution in [3.8, 4) is 0 Å². The molecule has 0 atom stereocenters. The standard InChI is InChI=1S/C25H23NO2/c1-3-13-26-23-10-8-18(12-14-27)15-21(23)22-16-19(9-11-24(22)26)25(28)20-7-5-4-6-17(20)2/h4-11,14-16H,3,12-13H2,1-2H3. The molecule has 3 aromatic carbocycles. The van der Waals surface area contributed by atoms with Gasteiger partial charge in [0.1, 0.15) is 6.29 Å². The van der Waals surface area contributed by atoms with Crippen LogP contribution in [0.5, 0.6) is 0 Å². The Morgan fingerprint density at radius 1 is 0.964 bits per heavy atom. The minimum absolute atomic E-state index is 0.0421. The zero-order valence-electron chi connectivity index (χ0n) is 16.2. The summed E-state index contributed by atoms with van der Waals surface area (Å²) in [5.41, 5.74) is 5.68. The van der Waals surface area contributed by atoms with Gasteiger partial charge in [0.05, 0.1) is 0 Å². The Bertz CT molecular complexity index is 1200. The number of aryl methyl sites for hydroxylation is 2. The zero-order chi connectivity index (χ0) is 19.7. The highest BCUT2D eigenvalue weighted by molar-refractivity contribution is 6.15. The summed E-state index contributed by atoms with van der Waals surface area (Å²) in [5.74, 6) is 0.0421. The van der Waals surface area contributed by atoms with Gasteiger partial charge in [0.2, 0.25) is 0 Å². The first kappa shape index (κ1) is 18.2. The second-order valence-electron chi connectivity index (χ2n) is 7.25. The van der Waals surface area contributed by atoms with Crippen LogP contribution in [0.4, 0.5) is 0 Å². The maximum atomic E-state index is 13.1. The molecule has 4 rings (SSSR count). The predicted molar refractivity (Wildman–Crippen MR) is 114 cm³/mol. The fourth-order valence-corrected chi connectivity index (χ4v) is 3.96. The van der Waals surface area contributed by atoms with Gasteiger partial charge in [-0.15, -0.1) is 0 Å². The molecule has 0 aliphatic rings. The number of carbonyl (C=O) groups excluding carboxylic acids is 2. The van der Waals surface area contributed by atoms with Crippen molar-refractivity contribution < 1.29 is 9.59 Å². The molecule has 0 aliphatic carbocycles. The molecule has 1 heterocycles. The molecular formula is C25H23NO2. The van der Waals surface area contributed by atoms with Crippen molar-refractivity contribution in [3.63, 3.8) is 0 Å². The van der Waals surface area contributed by atoms with E-state index in [2.05, 4.69) is 29.7 Å². The van der Waals surface area contributed by atoms with Crippen molar-refractivity contribution in [2.75, 3.05) is 0 Å². The molecule has 0 unspecified atom stereocenters. The average Bonchev–Trinajstić information content (AvgIpc) is 3.01. The molecule has 28 heavy (non-hydrogen) atoms. The van der Waals surface area contributed by atoms with E-state index < -0.39 is 0 Å². The SMILES string of the molecule is CCCn1c2ccc(CC=O)cc2c2cc(C(=O)c3ccccc3C)ccc21. The van der Waals surface area contributed by atoms with Crippen molar-refractivity contribution in [1.29, 1.82) is 0 Å². The summed E-state index contributed by atoms with van der Waals surface area (Å²) in [6, 6.07) is 19.9. The van der Waals surface area contributed by atoms with E-state index >= 15 is 0 Å². The first-order valence-electron chi connectivity index (χ1n) is 9.73. The minimum Gasteiger partial charge on any atom is -0.340 e. The van der Waals surface area contributed by atoms with E-state index in [9.17, 15) is 9.59 Å². The van der Waals surface area contributed by atoms with Crippen LogP contribution in [-0.4, -0.2) is 16.6 Å². The number of hydrogen-bond donors (Lipinski definition) is 0. The van der Waals surface area contributed by atoms with Gasteiger partial charge in [-0.3, -0.25) is 4.79 Å². The molecule has 0 saturated carbocycles. The van der Waals surface area contributed by atoms with Gasteiger partial charge in [-0.1, -0.05) is 37.3 Å². The second kappa shape index (κ2) is 7.43. The van der Waals surface area contributed by atoms with Crippen LogP contribution in [0.3, 0.4) is 0 Å². The number of nitrogens with zero attached hydrogens (tertiary/aromatic N) is 1. The molecule has 0 radical (unpaired) electrons. The molecule has 3 heteroatoms. The summed E-state index contributed by atoms with van der Waals surface area (Å²) in [7, 11) is 0. The van der Waals surface area contributed by atoms with Crippen LogP contribution in [0.1, 0.15) is 40.4 Å². The highest BCUT2D eigenvalue weighted by Gasteiger charge is 2.16. The Labute approximate surface area is 164 Å². The number of benzene rings is 3. The van der Waals surface area contributed by atoms with E-state index in [-0.39, 0.29) is 5.78 Å². The molecule has 3 nitrogen and oxygen atoms in total. The quantitative estimate of drug-likeness (QED) is 0.333. The van der Waals surface area contributed by atoms with E-state index in [4.69, 9.17) is 0 Å². The number of hydrogen-bond acceptors (Lipinski definition) is 2. The molecule has 0 aliphatic heterocycles. The molecule has 0 spiro atoms. The molecule has 1 aromatic heterocycles. The maximum Gasteiger partial charge on any atom is 0.193 e. The van der Waals surface area contributed by atoms with Gasteiger partial charge in [-0.2, -0.15) is 0 Å². The third-order valence-electron chi connectivity index (χ3n) is 5.35. The summed E-state index contributed by atoms with van der Waals surface area (Å²) in [6.07, 6.45) is 2.36. The van der Waals surface area contributed by atoms with Gasteiger partial charge in [0.25, 0.3) is 0 Å². The lowest BCUT2D eigenvalue weighted by Gasteiger charge is -2.07. The highest BCUT2D eigenvalue weighted by atomic mass is 16.1. The number of ketones is 1. The van der Waals surface area contributed by atoms with Crippen LogP contribution in [-0.2, 0) is 17.8 Å². The number of fused-ring (bicyclic) bond motifs is 3. The molecule has 4 aromatic rings. The van der Waals surface area contributed by atoms with Crippen LogP contribution in [0.25, 0.3) is 21.8 Å².